The first kappa shape index (κ1) is 11.5. The van der Waals surface area contributed by atoms with Crippen LogP contribution in [0.25, 0.3) is 0 Å². The highest BCUT2D eigenvalue weighted by atomic mass is 16.6. The van der Waals surface area contributed by atoms with Gasteiger partial charge in [-0.05, 0) is 13.3 Å². The summed E-state index contributed by atoms with van der Waals surface area (Å²) in [5.41, 5.74) is -0.0431. The molecule has 3 nitrogen and oxygen atoms in total. The summed E-state index contributed by atoms with van der Waals surface area (Å²) in [4.78, 5) is 13.5. The Morgan fingerprint density at radius 1 is 1.50 bits per heavy atom. The number of carbonyl (C=O) groups is 1. The third-order valence-corrected chi connectivity index (χ3v) is 2.60. The fourth-order valence-electron chi connectivity index (χ4n) is 1.48. The van der Waals surface area contributed by atoms with Gasteiger partial charge in [0, 0.05) is 13.0 Å². The SMILES string of the molecule is CCCCN(CC1(C)CO1)C(=O)CC. The molecule has 1 fully saturated rings. The lowest BCUT2D eigenvalue weighted by atomic mass is 10.1. The van der Waals surface area contributed by atoms with Crippen molar-refractivity contribution in [2.75, 3.05) is 19.7 Å². The molecule has 1 saturated heterocycles. The minimum Gasteiger partial charge on any atom is -0.368 e. The van der Waals surface area contributed by atoms with Gasteiger partial charge in [0.05, 0.1) is 13.2 Å². The molecular weight excluding hydrogens is 178 g/mol. The highest BCUT2D eigenvalue weighted by Crippen LogP contribution is 2.27. The molecule has 1 atom stereocenters. The highest BCUT2D eigenvalue weighted by molar-refractivity contribution is 5.75. The van der Waals surface area contributed by atoms with Gasteiger partial charge in [-0.25, -0.2) is 0 Å². The average Bonchev–Trinajstić information content (AvgIpc) is 2.90. The van der Waals surface area contributed by atoms with Gasteiger partial charge >= 0.3 is 0 Å². The van der Waals surface area contributed by atoms with E-state index in [-0.39, 0.29) is 11.5 Å². The number of carbonyl (C=O) groups excluding carboxylic acids is 1. The summed E-state index contributed by atoms with van der Waals surface area (Å²) in [6.07, 6.45) is 2.81. The van der Waals surface area contributed by atoms with Crippen LogP contribution in [0, 0.1) is 0 Å². The van der Waals surface area contributed by atoms with Gasteiger partial charge in [-0.15, -0.1) is 0 Å². The van der Waals surface area contributed by atoms with Crippen LogP contribution in [0.15, 0.2) is 0 Å². The van der Waals surface area contributed by atoms with Crippen LogP contribution in [0.5, 0.6) is 0 Å². The zero-order valence-electron chi connectivity index (χ0n) is 9.51. The summed E-state index contributed by atoms with van der Waals surface area (Å²) in [6, 6.07) is 0. The topological polar surface area (TPSA) is 32.8 Å². The van der Waals surface area contributed by atoms with Crippen LogP contribution in [0.4, 0.5) is 0 Å². The van der Waals surface area contributed by atoms with Gasteiger partial charge in [-0.1, -0.05) is 20.3 Å². The number of amides is 1. The first-order valence-electron chi connectivity index (χ1n) is 5.53. The minimum absolute atomic E-state index is 0.0431. The number of ether oxygens (including phenoxy) is 1. The number of unbranched alkanes of at least 4 members (excludes halogenated alkanes) is 1. The van der Waals surface area contributed by atoms with Gasteiger partial charge < -0.3 is 9.64 Å². The maximum absolute atomic E-state index is 11.6. The smallest absolute Gasteiger partial charge is 0.222 e. The van der Waals surface area contributed by atoms with Crippen molar-refractivity contribution in [2.24, 2.45) is 0 Å². The number of rotatable bonds is 6. The summed E-state index contributed by atoms with van der Waals surface area (Å²) in [5, 5.41) is 0. The number of hydrogen-bond donors (Lipinski definition) is 0. The average molecular weight is 199 g/mol. The second kappa shape index (κ2) is 4.78. The zero-order valence-corrected chi connectivity index (χ0v) is 9.51. The van der Waals surface area contributed by atoms with Crippen LogP contribution in [-0.4, -0.2) is 36.1 Å². The molecule has 0 aliphatic carbocycles. The molecule has 0 N–H and O–H groups in total. The summed E-state index contributed by atoms with van der Waals surface area (Å²) < 4.78 is 5.31. The quantitative estimate of drug-likeness (QED) is 0.611. The van der Waals surface area contributed by atoms with Crippen LogP contribution in [0.3, 0.4) is 0 Å². The number of nitrogens with zero attached hydrogens (tertiary/aromatic N) is 1. The summed E-state index contributed by atoms with van der Waals surface area (Å²) in [5.74, 6) is 0.246. The molecule has 0 aromatic rings. The van der Waals surface area contributed by atoms with Gasteiger partial charge in [0.15, 0.2) is 0 Å². The maximum atomic E-state index is 11.6. The monoisotopic (exact) mass is 199 g/mol. The molecule has 1 amide bonds. The third-order valence-electron chi connectivity index (χ3n) is 2.60. The van der Waals surface area contributed by atoms with Gasteiger partial charge in [-0.2, -0.15) is 0 Å². The molecule has 0 radical (unpaired) electrons. The van der Waals surface area contributed by atoms with E-state index < -0.39 is 0 Å². The Morgan fingerprint density at radius 2 is 2.14 bits per heavy atom. The summed E-state index contributed by atoms with van der Waals surface area (Å²) in [7, 11) is 0. The van der Waals surface area contributed by atoms with Crippen molar-refractivity contribution in [3.8, 4) is 0 Å². The van der Waals surface area contributed by atoms with Crippen molar-refractivity contribution in [1.82, 2.24) is 4.90 Å². The molecule has 1 aliphatic rings. The molecule has 1 unspecified atom stereocenters. The van der Waals surface area contributed by atoms with E-state index in [4.69, 9.17) is 4.74 Å². The third kappa shape index (κ3) is 3.29. The van der Waals surface area contributed by atoms with Crippen LogP contribution < -0.4 is 0 Å². The van der Waals surface area contributed by atoms with Crippen molar-refractivity contribution >= 4 is 5.91 Å². The first-order valence-corrected chi connectivity index (χ1v) is 5.53. The van der Waals surface area contributed by atoms with Crippen molar-refractivity contribution < 1.29 is 9.53 Å². The van der Waals surface area contributed by atoms with Crippen LogP contribution in [-0.2, 0) is 9.53 Å². The van der Waals surface area contributed by atoms with Crippen molar-refractivity contribution in [1.29, 1.82) is 0 Å². The van der Waals surface area contributed by atoms with E-state index in [2.05, 4.69) is 13.8 Å². The molecule has 0 spiro atoms. The van der Waals surface area contributed by atoms with E-state index in [1.165, 1.54) is 0 Å². The van der Waals surface area contributed by atoms with Gasteiger partial charge in [0.25, 0.3) is 0 Å². The Balaban J connectivity index is 2.39. The molecule has 3 heteroatoms. The predicted molar refractivity (Wildman–Crippen MR) is 56.1 cm³/mol. The standard InChI is InChI=1S/C11H21NO2/c1-4-6-7-12(10(13)5-2)8-11(3)9-14-11/h4-9H2,1-3H3. The molecule has 1 aliphatic heterocycles. The van der Waals surface area contributed by atoms with Crippen molar-refractivity contribution in [3.63, 3.8) is 0 Å². The van der Waals surface area contributed by atoms with Gasteiger partial charge in [0.1, 0.15) is 5.60 Å². The summed E-state index contributed by atoms with van der Waals surface area (Å²) in [6.45, 7) is 8.56. The molecular formula is C11H21NO2. The Hall–Kier alpha value is -0.570. The number of epoxide rings is 1. The molecule has 0 aromatic carbocycles. The lowest BCUT2D eigenvalue weighted by Gasteiger charge is -2.23. The van der Waals surface area contributed by atoms with Crippen LogP contribution >= 0.6 is 0 Å². The minimum atomic E-state index is -0.0431. The second-order valence-electron chi connectivity index (χ2n) is 4.26. The van der Waals surface area contributed by atoms with Crippen molar-refractivity contribution in [3.05, 3.63) is 0 Å². The molecule has 0 aromatic heterocycles. The lowest BCUT2D eigenvalue weighted by Crippen LogP contribution is -2.38. The fourth-order valence-corrected chi connectivity index (χ4v) is 1.48. The van der Waals surface area contributed by atoms with E-state index in [0.717, 1.165) is 32.5 Å². The van der Waals surface area contributed by atoms with E-state index in [9.17, 15) is 4.79 Å². The number of hydrogen-bond acceptors (Lipinski definition) is 2. The largest absolute Gasteiger partial charge is 0.368 e. The van der Waals surface area contributed by atoms with E-state index >= 15 is 0 Å². The zero-order chi connectivity index (χ0) is 10.6. The van der Waals surface area contributed by atoms with E-state index in [0.29, 0.717) is 6.42 Å². The molecule has 14 heavy (non-hydrogen) atoms. The maximum Gasteiger partial charge on any atom is 0.222 e. The Bertz CT molecular complexity index is 199. The predicted octanol–water partition coefficient (Wildman–Crippen LogP) is 1.81. The molecule has 1 heterocycles. The fraction of sp³-hybridized carbons (Fsp3) is 0.909. The highest BCUT2D eigenvalue weighted by Gasteiger charge is 2.41. The second-order valence-corrected chi connectivity index (χ2v) is 4.26. The van der Waals surface area contributed by atoms with Crippen LogP contribution in [0.1, 0.15) is 40.0 Å². The molecule has 0 bridgehead atoms. The summed E-state index contributed by atoms with van der Waals surface area (Å²) >= 11 is 0. The molecule has 0 saturated carbocycles. The van der Waals surface area contributed by atoms with E-state index in [1.54, 1.807) is 0 Å². The van der Waals surface area contributed by atoms with Gasteiger partial charge in [0.2, 0.25) is 5.91 Å². The Kier molecular flexibility index (Phi) is 3.93. The normalized spacial score (nSPS) is 24.8. The van der Waals surface area contributed by atoms with Crippen LogP contribution in [0.2, 0.25) is 0 Å². The first-order chi connectivity index (χ1) is 6.61. The Labute approximate surface area is 86.4 Å². The Morgan fingerprint density at radius 3 is 2.57 bits per heavy atom. The van der Waals surface area contributed by atoms with Crippen molar-refractivity contribution in [2.45, 2.75) is 45.6 Å². The van der Waals surface area contributed by atoms with Gasteiger partial charge in [-0.3, -0.25) is 4.79 Å². The molecule has 82 valence electrons. The molecule has 1 rings (SSSR count). The van der Waals surface area contributed by atoms with E-state index in [1.807, 2.05) is 11.8 Å². The lowest BCUT2D eigenvalue weighted by molar-refractivity contribution is -0.131.